The maximum atomic E-state index is 5.26. The van der Waals surface area contributed by atoms with E-state index in [-0.39, 0.29) is 0 Å². The molecule has 1 aromatic heterocycles. The second-order valence-electron chi connectivity index (χ2n) is 4.20. The van der Waals surface area contributed by atoms with Crippen LogP contribution in [0.4, 0.5) is 11.4 Å². The zero-order valence-electron chi connectivity index (χ0n) is 11.2. The monoisotopic (exact) mass is 270 g/mol. The third-order valence-corrected chi connectivity index (χ3v) is 2.97. The van der Waals surface area contributed by atoms with Crippen LogP contribution in [-0.4, -0.2) is 25.0 Å². The Hall–Kier alpha value is -2.76. The summed E-state index contributed by atoms with van der Waals surface area (Å²) in [5, 5.41) is 0. The molecule has 2 aromatic rings. The quantitative estimate of drug-likeness (QED) is 0.894. The molecule has 6 nitrogen and oxygen atoms in total. The van der Waals surface area contributed by atoms with E-state index >= 15 is 0 Å². The zero-order chi connectivity index (χ0) is 13.9. The predicted octanol–water partition coefficient (Wildman–Crippen LogP) is 2.11. The molecule has 0 aliphatic carbocycles. The number of aliphatic imine (C=N–C) groups is 1. The van der Waals surface area contributed by atoms with Gasteiger partial charge in [-0.1, -0.05) is 0 Å². The first kappa shape index (κ1) is 12.3. The van der Waals surface area contributed by atoms with Crippen LogP contribution >= 0.6 is 0 Å². The van der Waals surface area contributed by atoms with E-state index in [2.05, 4.69) is 20.8 Å². The van der Waals surface area contributed by atoms with Crippen LogP contribution < -0.4 is 20.3 Å². The van der Waals surface area contributed by atoms with E-state index in [1.54, 1.807) is 26.6 Å². The zero-order valence-corrected chi connectivity index (χ0v) is 11.2. The summed E-state index contributed by atoms with van der Waals surface area (Å²) in [6, 6.07) is 7.44. The van der Waals surface area contributed by atoms with E-state index in [0.29, 0.717) is 17.3 Å². The molecule has 2 heterocycles. The molecule has 102 valence electrons. The normalized spacial score (nSPS) is 12.6. The number of hydrogen-bond donors (Lipinski definition) is 2. The Labute approximate surface area is 116 Å². The van der Waals surface area contributed by atoms with E-state index in [1.807, 2.05) is 24.3 Å². The average molecular weight is 270 g/mol. The number of ether oxygens (including phenoxy) is 2. The van der Waals surface area contributed by atoms with E-state index < -0.39 is 0 Å². The van der Waals surface area contributed by atoms with Crippen molar-refractivity contribution in [2.75, 3.05) is 19.6 Å². The molecule has 0 atom stereocenters. The summed E-state index contributed by atoms with van der Waals surface area (Å²) in [5.41, 5.74) is 8.67. The highest BCUT2D eigenvalue weighted by molar-refractivity contribution is 6.03. The fourth-order valence-electron chi connectivity index (χ4n) is 1.94. The first-order valence-electron chi connectivity index (χ1n) is 6.08. The number of benzene rings is 1. The standard InChI is InChI=1S/C14H14N4O2/c1-19-10-5-9(6-11(7-10)20-2)14-16-13-8-15-4-3-12(13)17-18-14/h3-8,17H,1-2H3,(H,16,18). The van der Waals surface area contributed by atoms with Gasteiger partial charge in [0.2, 0.25) is 0 Å². The van der Waals surface area contributed by atoms with Crippen LogP contribution in [0.2, 0.25) is 0 Å². The number of pyridine rings is 1. The largest absolute Gasteiger partial charge is 0.497 e. The van der Waals surface area contributed by atoms with Gasteiger partial charge in [-0.15, -0.1) is 0 Å². The minimum atomic E-state index is 0.683. The highest BCUT2D eigenvalue weighted by atomic mass is 16.5. The smallest absolute Gasteiger partial charge is 0.152 e. The fraction of sp³-hybridized carbons (Fsp3) is 0.143. The number of amidine groups is 1. The van der Waals surface area contributed by atoms with Gasteiger partial charge >= 0.3 is 0 Å². The van der Waals surface area contributed by atoms with Gasteiger partial charge in [-0.25, -0.2) is 4.99 Å². The molecule has 0 bridgehead atoms. The Balaban J connectivity index is 2.04. The summed E-state index contributed by atoms with van der Waals surface area (Å²) in [7, 11) is 3.23. The van der Waals surface area contributed by atoms with Crippen LogP contribution in [-0.2, 0) is 0 Å². The molecule has 2 N–H and O–H groups in total. The number of nitrogens with zero attached hydrogens (tertiary/aromatic N) is 2. The van der Waals surface area contributed by atoms with Crippen LogP contribution in [0.1, 0.15) is 5.56 Å². The Bertz CT molecular complexity index is 648. The van der Waals surface area contributed by atoms with E-state index in [9.17, 15) is 0 Å². The van der Waals surface area contributed by atoms with Crippen molar-refractivity contribution in [2.24, 2.45) is 4.99 Å². The van der Waals surface area contributed by atoms with Crippen LogP contribution in [0.25, 0.3) is 0 Å². The molecule has 1 aliphatic rings. The third-order valence-electron chi connectivity index (χ3n) is 2.97. The number of rotatable bonds is 3. The molecule has 0 fully saturated rings. The summed E-state index contributed by atoms with van der Waals surface area (Å²) < 4.78 is 10.5. The third kappa shape index (κ3) is 2.23. The van der Waals surface area contributed by atoms with Gasteiger partial charge in [-0.05, 0) is 18.2 Å². The lowest BCUT2D eigenvalue weighted by Gasteiger charge is -2.19. The van der Waals surface area contributed by atoms with E-state index in [4.69, 9.17) is 9.47 Å². The van der Waals surface area contributed by atoms with E-state index in [1.165, 1.54) is 0 Å². The fourth-order valence-corrected chi connectivity index (χ4v) is 1.94. The van der Waals surface area contributed by atoms with Gasteiger partial charge in [0.25, 0.3) is 0 Å². The van der Waals surface area contributed by atoms with Crippen LogP contribution in [0.3, 0.4) is 0 Å². The van der Waals surface area contributed by atoms with Crippen LogP contribution in [0, 0.1) is 0 Å². The summed E-state index contributed by atoms with van der Waals surface area (Å²) in [4.78, 5) is 8.61. The van der Waals surface area contributed by atoms with Gasteiger partial charge in [0, 0.05) is 17.8 Å². The molecular formula is C14H14N4O2. The van der Waals surface area contributed by atoms with Crippen molar-refractivity contribution in [2.45, 2.75) is 0 Å². The molecule has 0 saturated heterocycles. The molecule has 1 aromatic carbocycles. The number of hydrogen-bond acceptors (Lipinski definition) is 6. The van der Waals surface area contributed by atoms with Gasteiger partial charge in [-0.2, -0.15) is 0 Å². The van der Waals surface area contributed by atoms with Crippen molar-refractivity contribution in [3.63, 3.8) is 0 Å². The molecule has 0 radical (unpaired) electrons. The molecular weight excluding hydrogens is 256 g/mol. The minimum Gasteiger partial charge on any atom is -0.497 e. The second kappa shape index (κ2) is 5.08. The molecule has 0 amide bonds. The Morgan fingerprint density at radius 1 is 1.00 bits per heavy atom. The van der Waals surface area contributed by atoms with Gasteiger partial charge in [0.05, 0.1) is 26.1 Å². The lowest BCUT2D eigenvalue weighted by atomic mass is 10.1. The summed E-state index contributed by atoms with van der Waals surface area (Å²) in [5.74, 6) is 2.10. The molecule has 0 saturated carbocycles. The Kier molecular flexibility index (Phi) is 3.12. The summed E-state index contributed by atoms with van der Waals surface area (Å²) in [6.45, 7) is 0. The van der Waals surface area contributed by atoms with Gasteiger partial charge in [0.15, 0.2) is 5.84 Å². The number of fused-ring (bicyclic) bond motifs is 1. The van der Waals surface area contributed by atoms with Crippen molar-refractivity contribution < 1.29 is 9.47 Å². The first-order chi connectivity index (χ1) is 9.80. The van der Waals surface area contributed by atoms with Crippen molar-refractivity contribution >= 4 is 17.2 Å². The maximum absolute atomic E-state index is 5.26. The SMILES string of the molecule is COc1cc(OC)cc(C2=Nc3cnccc3NN2)c1. The first-order valence-corrected chi connectivity index (χ1v) is 6.08. The lowest BCUT2D eigenvalue weighted by Crippen LogP contribution is -2.32. The average Bonchev–Trinajstić information content (AvgIpc) is 2.53. The summed E-state index contributed by atoms with van der Waals surface area (Å²) in [6.07, 6.45) is 3.42. The minimum absolute atomic E-state index is 0.683. The molecule has 0 unspecified atom stereocenters. The van der Waals surface area contributed by atoms with Gasteiger partial charge in [0.1, 0.15) is 17.2 Å². The van der Waals surface area contributed by atoms with Gasteiger partial charge < -0.3 is 9.47 Å². The van der Waals surface area contributed by atoms with Crippen molar-refractivity contribution in [3.05, 3.63) is 42.2 Å². The van der Waals surface area contributed by atoms with Crippen molar-refractivity contribution in [1.29, 1.82) is 0 Å². The molecule has 20 heavy (non-hydrogen) atoms. The van der Waals surface area contributed by atoms with Crippen LogP contribution in [0.5, 0.6) is 11.5 Å². The number of aromatic nitrogens is 1. The molecule has 1 aliphatic heterocycles. The van der Waals surface area contributed by atoms with E-state index in [0.717, 1.165) is 16.9 Å². The topological polar surface area (TPSA) is 67.8 Å². The highest BCUT2D eigenvalue weighted by Crippen LogP contribution is 2.28. The molecule has 6 heteroatoms. The summed E-state index contributed by atoms with van der Waals surface area (Å²) >= 11 is 0. The lowest BCUT2D eigenvalue weighted by molar-refractivity contribution is 0.394. The van der Waals surface area contributed by atoms with Crippen molar-refractivity contribution in [3.8, 4) is 11.5 Å². The Morgan fingerprint density at radius 3 is 2.45 bits per heavy atom. The number of anilines is 1. The van der Waals surface area contributed by atoms with Crippen molar-refractivity contribution in [1.82, 2.24) is 10.4 Å². The Morgan fingerprint density at radius 2 is 1.75 bits per heavy atom. The number of methoxy groups -OCH3 is 2. The van der Waals surface area contributed by atoms with Crippen LogP contribution in [0.15, 0.2) is 41.7 Å². The molecule has 3 rings (SSSR count). The van der Waals surface area contributed by atoms with Gasteiger partial charge in [-0.3, -0.25) is 15.8 Å². The number of nitrogens with one attached hydrogen (secondary N) is 2. The maximum Gasteiger partial charge on any atom is 0.152 e. The highest BCUT2D eigenvalue weighted by Gasteiger charge is 2.14. The molecule has 0 spiro atoms. The predicted molar refractivity (Wildman–Crippen MR) is 76.7 cm³/mol. The second-order valence-corrected chi connectivity index (χ2v) is 4.20. The number of hydrazine groups is 1.